The average molecular weight is 410 g/mol. The third-order valence-electron chi connectivity index (χ3n) is 5.76. The quantitative estimate of drug-likeness (QED) is 0.604. The molecule has 1 atom stereocenters. The van der Waals surface area contributed by atoms with E-state index in [2.05, 4.69) is 22.2 Å². The highest BCUT2D eigenvalue weighted by Gasteiger charge is 2.20. The Morgan fingerprint density at radius 2 is 1.97 bits per heavy atom. The van der Waals surface area contributed by atoms with Crippen molar-refractivity contribution in [3.8, 4) is 11.5 Å². The molecule has 0 bridgehead atoms. The Morgan fingerprint density at radius 3 is 2.70 bits per heavy atom. The van der Waals surface area contributed by atoms with Gasteiger partial charge in [-0.25, -0.2) is 9.07 Å². The van der Waals surface area contributed by atoms with Crippen LogP contribution in [0.2, 0.25) is 0 Å². The molecule has 0 radical (unpaired) electrons. The highest BCUT2D eigenvalue weighted by molar-refractivity contribution is 5.97. The lowest BCUT2D eigenvalue weighted by atomic mass is 10.0. The summed E-state index contributed by atoms with van der Waals surface area (Å²) in [5, 5.41) is 7.45. The summed E-state index contributed by atoms with van der Waals surface area (Å²) in [6.45, 7) is 5.05. The standard InChI is InChI=1S/C23H28FN5O/c1-18-7-2-3-13-27(18)16-6-12-25-22(30)21-17-26-29(20-10-8-19(24)9-11-20)23(21)28-14-4-5-15-28/h4-5,8-11,14-15,17-18H,2-3,6-7,12-13,16H2,1H3,(H,25,30)/t18-/m0/s1. The van der Waals surface area contributed by atoms with Gasteiger partial charge in [-0.2, -0.15) is 5.10 Å². The molecule has 1 aliphatic rings. The van der Waals surface area contributed by atoms with Crippen molar-refractivity contribution < 1.29 is 9.18 Å². The Kier molecular flexibility index (Phi) is 6.28. The topological polar surface area (TPSA) is 55.1 Å². The number of halogens is 1. The Hall–Kier alpha value is -2.93. The molecule has 0 unspecified atom stereocenters. The summed E-state index contributed by atoms with van der Waals surface area (Å²) >= 11 is 0. The number of likely N-dealkylation sites (tertiary alicyclic amines) is 1. The number of carbonyl (C=O) groups excluding carboxylic acids is 1. The van der Waals surface area contributed by atoms with Gasteiger partial charge in [0.2, 0.25) is 0 Å². The highest BCUT2D eigenvalue weighted by atomic mass is 19.1. The van der Waals surface area contributed by atoms with Crippen molar-refractivity contribution in [2.75, 3.05) is 19.6 Å². The molecule has 3 aromatic rings. The van der Waals surface area contributed by atoms with E-state index in [1.165, 1.54) is 31.4 Å². The number of amides is 1. The van der Waals surface area contributed by atoms with Crippen molar-refractivity contribution in [1.82, 2.24) is 24.6 Å². The third kappa shape index (κ3) is 4.46. The summed E-state index contributed by atoms with van der Waals surface area (Å²) in [7, 11) is 0. The lowest BCUT2D eigenvalue weighted by Crippen LogP contribution is -2.39. The number of piperidine rings is 1. The van der Waals surface area contributed by atoms with Gasteiger partial charge in [0.1, 0.15) is 11.4 Å². The molecule has 2 aromatic heterocycles. The third-order valence-corrected chi connectivity index (χ3v) is 5.76. The summed E-state index contributed by atoms with van der Waals surface area (Å²) in [6.07, 6.45) is 10.1. The molecule has 3 heterocycles. The maximum Gasteiger partial charge on any atom is 0.256 e. The number of carbonyl (C=O) groups is 1. The smallest absolute Gasteiger partial charge is 0.256 e. The zero-order valence-electron chi connectivity index (χ0n) is 17.3. The second-order valence-electron chi connectivity index (χ2n) is 7.85. The van der Waals surface area contributed by atoms with E-state index in [0.29, 0.717) is 29.7 Å². The van der Waals surface area contributed by atoms with Crippen molar-refractivity contribution in [3.05, 3.63) is 66.4 Å². The molecule has 1 aromatic carbocycles. The minimum Gasteiger partial charge on any atom is -0.352 e. The van der Waals surface area contributed by atoms with Crippen LogP contribution in [0.4, 0.5) is 4.39 Å². The van der Waals surface area contributed by atoms with Gasteiger partial charge in [-0.15, -0.1) is 0 Å². The largest absolute Gasteiger partial charge is 0.352 e. The van der Waals surface area contributed by atoms with E-state index >= 15 is 0 Å². The zero-order chi connectivity index (χ0) is 20.9. The molecule has 6 nitrogen and oxygen atoms in total. The Balaban J connectivity index is 1.46. The predicted molar refractivity (Wildman–Crippen MR) is 115 cm³/mol. The fourth-order valence-corrected chi connectivity index (χ4v) is 4.07. The molecule has 4 rings (SSSR count). The van der Waals surface area contributed by atoms with Crippen molar-refractivity contribution in [1.29, 1.82) is 0 Å². The van der Waals surface area contributed by atoms with E-state index in [9.17, 15) is 9.18 Å². The van der Waals surface area contributed by atoms with Crippen LogP contribution >= 0.6 is 0 Å². The minimum absolute atomic E-state index is 0.154. The van der Waals surface area contributed by atoms with Crippen molar-refractivity contribution >= 4 is 5.91 Å². The van der Waals surface area contributed by atoms with Crippen molar-refractivity contribution in [3.63, 3.8) is 0 Å². The highest BCUT2D eigenvalue weighted by Crippen LogP contribution is 2.20. The monoisotopic (exact) mass is 409 g/mol. The summed E-state index contributed by atoms with van der Waals surface area (Å²) in [4.78, 5) is 15.4. The van der Waals surface area contributed by atoms with Crippen LogP contribution in [0.3, 0.4) is 0 Å². The fraction of sp³-hybridized carbons (Fsp3) is 0.391. The maximum absolute atomic E-state index is 13.3. The van der Waals surface area contributed by atoms with Crippen LogP contribution in [0.15, 0.2) is 55.0 Å². The van der Waals surface area contributed by atoms with Crippen LogP contribution in [-0.2, 0) is 0 Å². The maximum atomic E-state index is 13.3. The molecule has 30 heavy (non-hydrogen) atoms. The summed E-state index contributed by atoms with van der Waals surface area (Å²) in [6, 6.07) is 10.5. The van der Waals surface area contributed by atoms with Crippen molar-refractivity contribution in [2.45, 2.75) is 38.6 Å². The number of hydrogen-bond donors (Lipinski definition) is 1. The van der Waals surface area contributed by atoms with Gasteiger partial charge >= 0.3 is 0 Å². The zero-order valence-corrected chi connectivity index (χ0v) is 17.3. The first kappa shape index (κ1) is 20.3. The van der Waals surface area contributed by atoms with Gasteiger partial charge in [0, 0.05) is 31.5 Å². The van der Waals surface area contributed by atoms with Gasteiger partial charge in [-0.1, -0.05) is 6.42 Å². The second-order valence-corrected chi connectivity index (χ2v) is 7.85. The predicted octanol–water partition coefficient (Wildman–Crippen LogP) is 3.80. The summed E-state index contributed by atoms with van der Waals surface area (Å²) in [5.41, 5.74) is 1.18. The first-order valence-electron chi connectivity index (χ1n) is 10.6. The van der Waals surface area contributed by atoms with Gasteiger partial charge in [0.25, 0.3) is 5.91 Å². The number of aromatic nitrogens is 3. The molecule has 0 spiro atoms. The van der Waals surface area contributed by atoms with E-state index in [1.54, 1.807) is 23.0 Å². The molecule has 1 N–H and O–H groups in total. The molecule has 1 aliphatic heterocycles. The second kappa shape index (κ2) is 9.26. The van der Waals surface area contributed by atoms with E-state index < -0.39 is 0 Å². The summed E-state index contributed by atoms with van der Waals surface area (Å²) in [5.74, 6) is 0.168. The number of hydrogen-bond acceptors (Lipinski definition) is 3. The number of benzene rings is 1. The van der Waals surface area contributed by atoms with Crippen molar-refractivity contribution in [2.24, 2.45) is 0 Å². The van der Waals surface area contributed by atoms with Gasteiger partial charge in [0.15, 0.2) is 5.82 Å². The lowest BCUT2D eigenvalue weighted by Gasteiger charge is -2.33. The molecular formula is C23H28FN5O. The molecule has 1 amide bonds. The number of nitrogens with zero attached hydrogens (tertiary/aromatic N) is 4. The minimum atomic E-state index is -0.311. The Labute approximate surface area is 176 Å². The van der Waals surface area contributed by atoms with Crippen LogP contribution in [0.1, 0.15) is 43.0 Å². The molecule has 0 aliphatic carbocycles. The van der Waals surface area contributed by atoms with Crippen LogP contribution in [0.5, 0.6) is 0 Å². The average Bonchev–Trinajstić information content (AvgIpc) is 3.42. The van der Waals surface area contributed by atoms with Gasteiger partial charge < -0.3 is 14.8 Å². The fourth-order valence-electron chi connectivity index (χ4n) is 4.07. The molecular weight excluding hydrogens is 381 g/mol. The first-order valence-corrected chi connectivity index (χ1v) is 10.6. The van der Waals surface area contributed by atoms with Crippen LogP contribution in [-0.4, -0.2) is 50.8 Å². The molecule has 0 saturated carbocycles. The van der Waals surface area contributed by atoms with E-state index in [0.717, 1.165) is 19.5 Å². The normalized spacial score (nSPS) is 17.2. The first-order chi connectivity index (χ1) is 14.6. The molecule has 7 heteroatoms. The lowest BCUT2D eigenvalue weighted by molar-refractivity contribution is 0.0949. The van der Waals surface area contributed by atoms with E-state index in [4.69, 9.17) is 0 Å². The molecule has 1 saturated heterocycles. The van der Waals surface area contributed by atoms with Crippen LogP contribution < -0.4 is 5.32 Å². The van der Waals surface area contributed by atoms with Gasteiger partial charge in [0.05, 0.1) is 11.9 Å². The molecule has 158 valence electrons. The Morgan fingerprint density at radius 1 is 1.20 bits per heavy atom. The SMILES string of the molecule is C[C@H]1CCCCN1CCCNC(=O)c1cnn(-c2ccc(F)cc2)c1-n1cccc1. The van der Waals surface area contributed by atoms with E-state index in [1.807, 2.05) is 29.1 Å². The van der Waals surface area contributed by atoms with Crippen LogP contribution in [0, 0.1) is 5.82 Å². The van der Waals surface area contributed by atoms with Gasteiger partial charge in [-0.05, 0) is 69.1 Å². The molecule has 1 fully saturated rings. The summed E-state index contributed by atoms with van der Waals surface area (Å²) < 4.78 is 16.8. The number of nitrogens with one attached hydrogen (secondary N) is 1. The Bertz CT molecular complexity index is 964. The van der Waals surface area contributed by atoms with Gasteiger partial charge in [-0.3, -0.25) is 4.79 Å². The number of rotatable bonds is 7. The van der Waals surface area contributed by atoms with E-state index in [-0.39, 0.29) is 11.7 Å². The van der Waals surface area contributed by atoms with Crippen LogP contribution in [0.25, 0.3) is 11.5 Å².